The zero-order valence-corrected chi connectivity index (χ0v) is 11.5. The predicted molar refractivity (Wildman–Crippen MR) is 91.4 cm³/mol. The molecule has 0 aliphatic heterocycles. The van der Waals surface area contributed by atoms with Gasteiger partial charge in [-0.05, 0) is 0 Å². The van der Waals surface area contributed by atoms with Crippen LogP contribution in [0.5, 0.6) is 0 Å². The highest BCUT2D eigenvalue weighted by Gasteiger charge is 1.66. The minimum atomic E-state index is 2.00. The van der Waals surface area contributed by atoms with Crippen LogP contribution in [0.25, 0.3) is 0 Å². The minimum Gasteiger partial charge on any atom is -0.0623 e. The van der Waals surface area contributed by atoms with Gasteiger partial charge in [0.2, 0.25) is 0 Å². The van der Waals surface area contributed by atoms with Crippen molar-refractivity contribution in [2.45, 2.75) is 0 Å². The molecule has 0 saturated heterocycles. The Morgan fingerprint density at radius 2 is 0.150 bits per heavy atom. The van der Waals surface area contributed by atoms with Gasteiger partial charge in [-0.3, -0.25) is 0 Å². The summed E-state index contributed by atoms with van der Waals surface area (Å²) in [5.74, 6) is 0. The van der Waals surface area contributed by atoms with E-state index in [0.717, 1.165) is 0 Å². The molecule has 0 atom stereocenters. The van der Waals surface area contributed by atoms with Crippen molar-refractivity contribution in [1.82, 2.24) is 0 Å². The van der Waals surface area contributed by atoms with Gasteiger partial charge in [0.05, 0.1) is 0 Å². The molecule has 100 valence electrons. The molecule has 0 amide bonds. The lowest BCUT2D eigenvalue weighted by atomic mass is 10.3. The Balaban J connectivity index is 2.67. The van der Waals surface area contributed by atoms with Gasteiger partial charge in [-0.1, -0.05) is 122 Å². The molecule has 0 heteroatoms. The normalized spacial score (nSPS) is 32.0. The quantitative estimate of drug-likeness (QED) is 0.534. The van der Waals surface area contributed by atoms with Crippen LogP contribution in [0, 0.1) is 0 Å². The van der Waals surface area contributed by atoms with E-state index >= 15 is 0 Å². The summed E-state index contributed by atoms with van der Waals surface area (Å²) in [5.41, 5.74) is 0. The van der Waals surface area contributed by atoms with Gasteiger partial charge in [0.25, 0.3) is 0 Å². The van der Waals surface area contributed by atoms with Crippen molar-refractivity contribution in [3.05, 3.63) is 122 Å². The molecule has 0 aromatic carbocycles. The largest absolute Gasteiger partial charge is 0.0623 e. The molecular formula is C20H20. The summed E-state index contributed by atoms with van der Waals surface area (Å²) < 4.78 is 0. The summed E-state index contributed by atoms with van der Waals surface area (Å²) >= 11 is 0. The molecule has 0 heterocycles. The Morgan fingerprint density at radius 3 is 0.200 bits per heavy atom. The van der Waals surface area contributed by atoms with Crippen LogP contribution in [0.3, 0.4) is 0 Å². The van der Waals surface area contributed by atoms with E-state index in [-0.39, 0.29) is 0 Å². The fourth-order valence-electron chi connectivity index (χ4n) is 1.28. The van der Waals surface area contributed by atoms with Crippen LogP contribution in [0.4, 0.5) is 0 Å². The molecule has 1 aliphatic carbocycles. The van der Waals surface area contributed by atoms with Crippen LogP contribution in [-0.2, 0) is 0 Å². The first kappa shape index (κ1) is 15.5. The third-order valence-electron chi connectivity index (χ3n) is 2.22. The van der Waals surface area contributed by atoms with Gasteiger partial charge in [-0.15, -0.1) is 0 Å². The second-order valence-electron chi connectivity index (χ2n) is 3.85. The van der Waals surface area contributed by atoms with Crippen molar-refractivity contribution in [2.24, 2.45) is 0 Å². The smallest absolute Gasteiger partial charge is 0.0623 e. The van der Waals surface area contributed by atoms with Crippen molar-refractivity contribution >= 4 is 0 Å². The predicted octanol–water partition coefficient (Wildman–Crippen LogP) is 5.56. The summed E-state index contributed by atoms with van der Waals surface area (Å²) in [6, 6.07) is 0. The second-order valence-corrected chi connectivity index (χ2v) is 3.85. The van der Waals surface area contributed by atoms with Gasteiger partial charge in [-0.2, -0.15) is 0 Å². The number of allylic oxidation sites excluding steroid dienone is 20. The van der Waals surface area contributed by atoms with E-state index in [0.29, 0.717) is 0 Å². The lowest BCUT2D eigenvalue weighted by Gasteiger charge is -1.77. The molecule has 0 aromatic rings. The molecule has 1 rings (SSSR count). The van der Waals surface area contributed by atoms with E-state index < -0.39 is 0 Å². The third-order valence-corrected chi connectivity index (χ3v) is 2.22. The van der Waals surface area contributed by atoms with E-state index in [1.807, 2.05) is 122 Å². The molecular weight excluding hydrogens is 240 g/mol. The first-order valence-electron chi connectivity index (χ1n) is 6.67. The summed E-state index contributed by atoms with van der Waals surface area (Å²) in [5, 5.41) is 0. The fraction of sp³-hybridized carbons (Fsp3) is 0. The molecule has 0 saturated carbocycles. The van der Waals surface area contributed by atoms with Crippen molar-refractivity contribution < 1.29 is 0 Å². The van der Waals surface area contributed by atoms with Gasteiger partial charge < -0.3 is 0 Å². The first-order valence-corrected chi connectivity index (χ1v) is 6.67. The SMILES string of the molecule is C1=C/C=C/C=C/C=C/C=C/C=C/C=C/C=C/C=C/C=C/1. The monoisotopic (exact) mass is 260 g/mol. The summed E-state index contributed by atoms with van der Waals surface area (Å²) in [4.78, 5) is 0. The number of hydrogen-bond donors (Lipinski definition) is 0. The maximum Gasteiger partial charge on any atom is -0.0623 e. The topological polar surface area (TPSA) is 0 Å². The Kier molecular flexibility index (Phi) is 9.93. The van der Waals surface area contributed by atoms with Gasteiger partial charge in [0.15, 0.2) is 0 Å². The molecule has 0 N–H and O–H groups in total. The average Bonchev–Trinajstić information content (AvgIpc) is 2.46. The van der Waals surface area contributed by atoms with Crippen LogP contribution < -0.4 is 0 Å². The zero-order valence-electron chi connectivity index (χ0n) is 11.5. The van der Waals surface area contributed by atoms with Crippen LogP contribution in [0.15, 0.2) is 122 Å². The van der Waals surface area contributed by atoms with Crippen LogP contribution >= 0.6 is 0 Å². The fourth-order valence-corrected chi connectivity index (χ4v) is 1.28. The molecule has 20 heavy (non-hydrogen) atoms. The Bertz CT molecular complexity index is 318. The molecule has 0 aromatic heterocycles. The molecule has 0 fully saturated rings. The number of rotatable bonds is 0. The molecule has 0 spiro atoms. The van der Waals surface area contributed by atoms with E-state index in [2.05, 4.69) is 0 Å². The Labute approximate surface area is 122 Å². The highest BCUT2D eigenvalue weighted by molar-refractivity contribution is 5.24. The standard InChI is InChI=1S/C20H20/c1-2-4-6-8-10-12-14-16-18-20-19-17-15-13-11-9-7-5-3-1/h1-20H/b2-1+,3-1?,4-2?,5-3+,6-4+,7-5?,8-6?,9-7+,10-8+,11-9?,12-10?,13-11+,14-12+,15-13?,16-14?,17-15+,18-16+,19-17?,20-18?,20-19+. The van der Waals surface area contributed by atoms with Crippen LogP contribution in [0.1, 0.15) is 0 Å². The molecule has 1 aliphatic rings. The van der Waals surface area contributed by atoms with Crippen LogP contribution in [0.2, 0.25) is 0 Å². The van der Waals surface area contributed by atoms with Crippen molar-refractivity contribution in [2.75, 3.05) is 0 Å². The van der Waals surface area contributed by atoms with Crippen molar-refractivity contribution in [1.29, 1.82) is 0 Å². The van der Waals surface area contributed by atoms with E-state index in [1.165, 1.54) is 0 Å². The number of hydrogen-bond acceptors (Lipinski definition) is 0. The van der Waals surface area contributed by atoms with Crippen molar-refractivity contribution in [3.63, 3.8) is 0 Å². The van der Waals surface area contributed by atoms with Gasteiger partial charge in [0.1, 0.15) is 0 Å². The Hall–Kier alpha value is -2.60. The second kappa shape index (κ2) is 12.8. The van der Waals surface area contributed by atoms with Gasteiger partial charge in [-0.25, -0.2) is 0 Å². The molecule has 0 radical (unpaired) electrons. The lowest BCUT2D eigenvalue weighted by molar-refractivity contribution is 1.81. The maximum atomic E-state index is 2.00. The van der Waals surface area contributed by atoms with E-state index in [1.54, 1.807) is 0 Å². The molecule has 0 nitrogen and oxygen atoms in total. The summed E-state index contributed by atoms with van der Waals surface area (Å²) in [6.07, 6.45) is 40.0. The minimum absolute atomic E-state index is 2.00. The average molecular weight is 260 g/mol. The van der Waals surface area contributed by atoms with Crippen molar-refractivity contribution in [3.8, 4) is 0 Å². The molecule has 0 unspecified atom stereocenters. The zero-order chi connectivity index (χ0) is 14.1. The Morgan fingerprint density at radius 1 is 0.100 bits per heavy atom. The molecule has 0 bridgehead atoms. The van der Waals surface area contributed by atoms with E-state index in [9.17, 15) is 0 Å². The first-order chi connectivity index (χ1) is 10.0. The maximum absolute atomic E-state index is 2.00. The van der Waals surface area contributed by atoms with Crippen LogP contribution in [-0.4, -0.2) is 0 Å². The summed E-state index contributed by atoms with van der Waals surface area (Å²) in [7, 11) is 0. The van der Waals surface area contributed by atoms with E-state index in [4.69, 9.17) is 0 Å². The highest BCUT2D eigenvalue weighted by Crippen LogP contribution is 1.88. The van der Waals surface area contributed by atoms with Gasteiger partial charge >= 0.3 is 0 Å². The lowest BCUT2D eigenvalue weighted by Crippen LogP contribution is -1.55. The highest BCUT2D eigenvalue weighted by atomic mass is 13.7. The van der Waals surface area contributed by atoms with Gasteiger partial charge in [0, 0.05) is 0 Å². The summed E-state index contributed by atoms with van der Waals surface area (Å²) in [6.45, 7) is 0. The third kappa shape index (κ3) is 10.5.